The first-order valence-electron chi connectivity index (χ1n) is 10.7. The van der Waals surface area contributed by atoms with Crippen molar-refractivity contribution in [2.75, 3.05) is 28.7 Å². The standard InChI is InChI=1S/C25H22N4O4S/c1-17-4-7-19(15-21(17)22-10-11-23-24(28-22)3-2-12-26-23)27-25(30)18-5-8-20(9-6-18)29-16-33-13-14-34(29,31)32/h2-12,15H,13-14,16H2,1H3,(H,27,30). The van der Waals surface area contributed by atoms with Gasteiger partial charge < -0.3 is 10.1 Å². The van der Waals surface area contributed by atoms with Gasteiger partial charge in [-0.1, -0.05) is 6.07 Å². The van der Waals surface area contributed by atoms with E-state index >= 15 is 0 Å². The Morgan fingerprint density at radius 1 is 1.03 bits per heavy atom. The van der Waals surface area contributed by atoms with Crippen LogP contribution in [0.25, 0.3) is 22.3 Å². The number of anilines is 2. The Bertz CT molecular complexity index is 1490. The van der Waals surface area contributed by atoms with Gasteiger partial charge in [0.05, 0.1) is 34.8 Å². The number of ether oxygens (including phenoxy) is 1. The Kier molecular flexibility index (Phi) is 5.72. The molecule has 8 nitrogen and oxygen atoms in total. The number of pyridine rings is 2. The summed E-state index contributed by atoms with van der Waals surface area (Å²) in [4.78, 5) is 21.9. The van der Waals surface area contributed by atoms with Gasteiger partial charge in [0.15, 0.2) is 0 Å². The molecule has 0 unspecified atom stereocenters. The summed E-state index contributed by atoms with van der Waals surface area (Å²) in [5, 5.41) is 2.91. The minimum atomic E-state index is -3.41. The highest BCUT2D eigenvalue weighted by molar-refractivity contribution is 7.92. The molecule has 0 saturated carbocycles. The second-order valence-corrected chi connectivity index (χ2v) is 9.98. The van der Waals surface area contributed by atoms with E-state index in [2.05, 4.69) is 10.3 Å². The zero-order valence-electron chi connectivity index (χ0n) is 18.4. The van der Waals surface area contributed by atoms with Gasteiger partial charge in [0.25, 0.3) is 5.91 Å². The zero-order valence-corrected chi connectivity index (χ0v) is 19.2. The largest absolute Gasteiger partial charge is 0.359 e. The van der Waals surface area contributed by atoms with Crippen LogP contribution >= 0.6 is 0 Å². The summed E-state index contributed by atoms with van der Waals surface area (Å²) in [6.45, 7) is 2.15. The van der Waals surface area contributed by atoms with Gasteiger partial charge in [-0.05, 0) is 73.2 Å². The summed E-state index contributed by atoms with van der Waals surface area (Å²) in [5.74, 6) is -0.358. The highest BCUT2D eigenvalue weighted by Crippen LogP contribution is 2.27. The Balaban J connectivity index is 1.36. The molecule has 4 aromatic rings. The van der Waals surface area contributed by atoms with Crippen LogP contribution < -0.4 is 9.62 Å². The zero-order chi connectivity index (χ0) is 23.7. The van der Waals surface area contributed by atoms with Crippen molar-refractivity contribution < 1.29 is 17.9 Å². The second kappa shape index (κ2) is 8.85. The number of carbonyl (C=O) groups is 1. The summed E-state index contributed by atoms with van der Waals surface area (Å²) in [6.07, 6.45) is 1.73. The lowest BCUT2D eigenvalue weighted by atomic mass is 10.0. The average molecular weight is 475 g/mol. The molecule has 0 aliphatic carbocycles. The minimum Gasteiger partial charge on any atom is -0.359 e. The number of nitrogens with one attached hydrogen (secondary N) is 1. The van der Waals surface area contributed by atoms with Crippen LogP contribution in [0.15, 0.2) is 72.9 Å². The van der Waals surface area contributed by atoms with E-state index in [1.807, 2.05) is 49.4 Å². The molecule has 0 spiro atoms. The summed E-state index contributed by atoms with van der Waals surface area (Å²) in [7, 11) is -3.41. The van der Waals surface area contributed by atoms with E-state index in [4.69, 9.17) is 9.72 Å². The third-order valence-corrected chi connectivity index (χ3v) is 7.35. The van der Waals surface area contributed by atoms with Crippen molar-refractivity contribution in [2.24, 2.45) is 0 Å². The molecule has 2 aromatic heterocycles. The van der Waals surface area contributed by atoms with Gasteiger partial charge in [-0.2, -0.15) is 0 Å². The van der Waals surface area contributed by atoms with E-state index in [1.165, 1.54) is 4.31 Å². The highest BCUT2D eigenvalue weighted by atomic mass is 32.2. The molecule has 1 aliphatic rings. The predicted molar refractivity (Wildman–Crippen MR) is 131 cm³/mol. The Labute approximate surface area is 197 Å². The number of aromatic nitrogens is 2. The molecule has 9 heteroatoms. The Morgan fingerprint density at radius 3 is 2.65 bits per heavy atom. The maximum Gasteiger partial charge on any atom is 0.255 e. The predicted octanol–water partition coefficient (Wildman–Crippen LogP) is 3.98. The van der Waals surface area contributed by atoms with Gasteiger partial charge in [0, 0.05) is 23.0 Å². The number of fused-ring (bicyclic) bond motifs is 1. The lowest BCUT2D eigenvalue weighted by molar-refractivity contribution is 0.102. The van der Waals surface area contributed by atoms with Gasteiger partial charge in [-0.25, -0.2) is 17.7 Å². The quantitative estimate of drug-likeness (QED) is 0.480. The van der Waals surface area contributed by atoms with Crippen molar-refractivity contribution in [2.45, 2.75) is 6.92 Å². The van der Waals surface area contributed by atoms with Crippen LogP contribution in [0.3, 0.4) is 0 Å². The number of sulfonamides is 1. The molecule has 0 bridgehead atoms. The molecule has 34 heavy (non-hydrogen) atoms. The first-order chi connectivity index (χ1) is 16.4. The van der Waals surface area contributed by atoms with E-state index in [0.717, 1.165) is 27.9 Å². The lowest BCUT2D eigenvalue weighted by Gasteiger charge is -2.28. The smallest absolute Gasteiger partial charge is 0.255 e. The van der Waals surface area contributed by atoms with Gasteiger partial charge >= 0.3 is 0 Å². The van der Waals surface area contributed by atoms with E-state index in [9.17, 15) is 13.2 Å². The fraction of sp³-hybridized carbons (Fsp3) is 0.160. The van der Waals surface area contributed by atoms with Gasteiger partial charge in [-0.3, -0.25) is 9.78 Å². The average Bonchev–Trinajstić information content (AvgIpc) is 2.85. The molecule has 0 radical (unpaired) electrons. The van der Waals surface area contributed by atoms with Crippen molar-refractivity contribution in [1.82, 2.24) is 9.97 Å². The van der Waals surface area contributed by atoms with Crippen molar-refractivity contribution >= 4 is 38.3 Å². The first kappa shape index (κ1) is 22.0. The summed E-state index contributed by atoms with van der Waals surface area (Å²) >= 11 is 0. The molecule has 1 N–H and O–H groups in total. The number of aryl methyl sites for hydroxylation is 1. The molecule has 1 fully saturated rings. The molecule has 2 aromatic carbocycles. The molecular weight excluding hydrogens is 452 g/mol. The maximum atomic E-state index is 12.8. The summed E-state index contributed by atoms with van der Waals surface area (Å²) < 4.78 is 31.0. The van der Waals surface area contributed by atoms with Crippen molar-refractivity contribution in [3.8, 4) is 11.3 Å². The lowest BCUT2D eigenvalue weighted by Crippen LogP contribution is -2.41. The van der Waals surface area contributed by atoms with Crippen LogP contribution in [-0.2, 0) is 14.8 Å². The van der Waals surface area contributed by atoms with Gasteiger partial charge in [0.2, 0.25) is 10.0 Å². The third-order valence-electron chi connectivity index (χ3n) is 5.68. The van der Waals surface area contributed by atoms with Crippen molar-refractivity contribution in [1.29, 1.82) is 0 Å². The number of carbonyl (C=O) groups excluding carboxylic acids is 1. The molecule has 3 heterocycles. The number of nitrogens with zero attached hydrogens (tertiary/aromatic N) is 3. The van der Waals surface area contributed by atoms with Crippen LogP contribution in [0, 0.1) is 6.92 Å². The van der Waals surface area contributed by atoms with E-state index in [0.29, 0.717) is 16.9 Å². The second-order valence-electron chi connectivity index (χ2n) is 7.97. The fourth-order valence-electron chi connectivity index (χ4n) is 3.80. The minimum absolute atomic E-state index is 0.0289. The molecular formula is C25H22N4O4S. The van der Waals surface area contributed by atoms with Crippen LogP contribution in [0.1, 0.15) is 15.9 Å². The van der Waals surface area contributed by atoms with E-state index in [1.54, 1.807) is 30.5 Å². The monoisotopic (exact) mass is 474 g/mol. The molecule has 172 valence electrons. The van der Waals surface area contributed by atoms with Crippen molar-refractivity contribution in [3.63, 3.8) is 0 Å². The summed E-state index contributed by atoms with van der Waals surface area (Å²) in [5.41, 5.74) is 5.87. The molecule has 5 rings (SSSR count). The van der Waals surface area contributed by atoms with Crippen LogP contribution in [-0.4, -0.2) is 43.4 Å². The molecule has 1 saturated heterocycles. The summed E-state index contributed by atoms with van der Waals surface area (Å²) in [6, 6.07) is 19.7. The van der Waals surface area contributed by atoms with Crippen molar-refractivity contribution in [3.05, 3.63) is 84.1 Å². The number of hydrogen-bond donors (Lipinski definition) is 1. The number of amides is 1. The molecule has 1 aliphatic heterocycles. The van der Waals surface area contributed by atoms with E-state index in [-0.39, 0.29) is 25.0 Å². The Hall–Kier alpha value is -3.82. The molecule has 0 atom stereocenters. The highest BCUT2D eigenvalue weighted by Gasteiger charge is 2.26. The number of benzene rings is 2. The topological polar surface area (TPSA) is 101 Å². The number of rotatable bonds is 4. The first-order valence-corrected chi connectivity index (χ1v) is 12.3. The third kappa shape index (κ3) is 4.35. The normalized spacial score (nSPS) is 15.3. The van der Waals surface area contributed by atoms with Gasteiger partial charge in [0.1, 0.15) is 6.73 Å². The van der Waals surface area contributed by atoms with Gasteiger partial charge in [-0.15, -0.1) is 0 Å². The van der Waals surface area contributed by atoms with Crippen LogP contribution in [0.4, 0.5) is 11.4 Å². The number of hydrogen-bond acceptors (Lipinski definition) is 6. The SMILES string of the molecule is Cc1ccc(NC(=O)c2ccc(N3COCCS3(=O)=O)cc2)cc1-c1ccc2ncccc2n1. The fourth-order valence-corrected chi connectivity index (χ4v) is 5.03. The molecule has 1 amide bonds. The Morgan fingerprint density at radius 2 is 1.85 bits per heavy atom. The van der Waals surface area contributed by atoms with Crippen LogP contribution in [0.2, 0.25) is 0 Å². The maximum absolute atomic E-state index is 12.8. The van der Waals surface area contributed by atoms with E-state index < -0.39 is 10.0 Å². The van der Waals surface area contributed by atoms with Crippen LogP contribution in [0.5, 0.6) is 0 Å².